The van der Waals surface area contributed by atoms with Gasteiger partial charge in [-0.3, -0.25) is 0 Å². The molecule has 2 aromatic carbocycles. The van der Waals surface area contributed by atoms with Crippen LogP contribution in [0.25, 0.3) is 12.2 Å². The molecule has 4 rings (SSSR count). The third-order valence-corrected chi connectivity index (χ3v) is 34.6. The SMILES string of the molecule is [CH3][Zr]([CH3])([SiH3])([Cl])([Cl])([C]1=Cc2ccccc2C1)[C]1=Cc2ccccc2C1. The zero-order valence-corrected chi connectivity index (χ0v) is 20.4. The number of hydrogen-bond donors (Lipinski definition) is 0. The summed E-state index contributed by atoms with van der Waals surface area (Å²) < 4.78 is 7.01. The van der Waals surface area contributed by atoms with Gasteiger partial charge in [0.15, 0.2) is 0 Å². The second-order valence-electron chi connectivity index (χ2n) is 9.80. The summed E-state index contributed by atoms with van der Waals surface area (Å²) in [6.07, 6.45) is 6.34. The summed E-state index contributed by atoms with van der Waals surface area (Å²) in [5.74, 6) is 0. The van der Waals surface area contributed by atoms with E-state index in [0.29, 0.717) is 0 Å². The summed E-state index contributed by atoms with van der Waals surface area (Å²) in [5, 5.41) is 0. The molecule has 0 spiro atoms. The molecule has 0 saturated heterocycles. The van der Waals surface area contributed by atoms with Crippen molar-refractivity contribution in [3.63, 3.8) is 0 Å². The molecular formula is C20H23Cl2SiZr. The Kier molecular flexibility index (Phi) is 2.92. The van der Waals surface area contributed by atoms with Crippen molar-refractivity contribution in [3.8, 4) is 0 Å². The molecule has 0 heterocycles. The van der Waals surface area contributed by atoms with E-state index in [1.165, 1.54) is 28.8 Å². The fraction of sp³-hybridized carbons (Fsp3) is 0.200. The fourth-order valence-electron chi connectivity index (χ4n) is 4.13. The van der Waals surface area contributed by atoms with E-state index in [9.17, 15) is 0 Å². The molecule has 0 nitrogen and oxygen atoms in total. The molecule has 0 aromatic heterocycles. The molecule has 0 saturated carbocycles. The van der Waals surface area contributed by atoms with Gasteiger partial charge >= 0.3 is 149 Å². The van der Waals surface area contributed by atoms with E-state index in [4.69, 9.17) is 17.0 Å². The van der Waals surface area contributed by atoms with Crippen LogP contribution in [0.15, 0.2) is 55.1 Å². The van der Waals surface area contributed by atoms with Crippen molar-refractivity contribution in [2.75, 3.05) is 0 Å². The standard InChI is InChI=1S/2C9H7.2CH3.2ClH.H3Si.Zr/c2*1-2-5-9-7-3-6-8(9)4-1;;;;;;/h2*1-2,4-6H,7H2;2*1H3;2*1H;1H3;/q;;;;;;;+2/p-2. The van der Waals surface area contributed by atoms with Gasteiger partial charge in [-0.05, 0) is 0 Å². The summed E-state index contributed by atoms with van der Waals surface area (Å²) >= 11 is -5.12. The van der Waals surface area contributed by atoms with Crippen molar-refractivity contribution in [2.45, 2.75) is 22.1 Å². The topological polar surface area (TPSA) is 0 Å². The van der Waals surface area contributed by atoms with Crippen LogP contribution in [0.1, 0.15) is 22.3 Å². The number of fused-ring (bicyclic) bond motifs is 2. The second-order valence-corrected chi connectivity index (χ2v) is 88.5. The van der Waals surface area contributed by atoms with Crippen molar-refractivity contribution in [3.05, 3.63) is 77.3 Å². The van der Waals surface area contributed by atoms with Crippen LogP contribution < -0.4 is 0 Å². The monoisotopic (exact) mass is 451 g/mol. The average Bonchev–Trinajstić information content (AvgIpc) is 3.11. The quantitative estimate of drug-likeness (QED) is 0.517. The molecular weight excluding hydrogens is 430 g/mol. The molecule has 0 amide bonds. The maximum atomic E-state index is 7.78. The molecule has 0 unspecified atom stereocenters. The van der Waals surface area contributed by atoms with E-state index in [1.807, 2.05) is 0 Å². The van der Waals surface area contributed by atoms with E-state index < -0.39 is 12.6 Å². The zero-order valence-electron chi connectivity index (χ0n) is 14.4. The van der Waals surface area contributed by atoms with Crippen LogP contribution in [0.5, 0.6) is 0 Å². The Bertz CT molecular complexity index is 900. The van der Waals surface area contributed by atoms with Gasteiger partial charge in [-0.1, -0.05) is 0 Å². The van der Waals surface area contributed by atoms with Gasteiger partial charge < -0.3 is 0 Å². The number of benzene rings is 2. The normalized spacial score (nSPS) is 20.9. The van der Waals surface area contributed by atoms with Crippen LogP contribution in [0.3, 0.4) is 0 Å². The van der Waals surface area contributed by atoms with Crippen LogP contribution in [-0.4, -0.2) is 7.37 Å². The molecule has 0 N–H and O–H groups in total. The Labute approximate surface area is 147 Å². The Hall–Kier alpha value is -0.400. The summed E-state index contributed by atoms with van der Waals surface area (Å²) in [4.78, 5) is 0. The Morgan fingerprint density at radius 2 is 1.12 bits per heavy atom. The summed E-state index contributed by atoms with van der Waals surface area (Å²) in [7, 11) is 16.3. The van der Waals surface area contributed by atoms with Crippen LogP contribution in [-0.2, 0) is 25.4 Å². The minimum absolute atomic E-state index is 0.763. The van der Waals surface area contributed by atoms with E-state index in [1.54, 1.807) is 0 Å². The average molecular weight is 454 g/mol. The molecule has 2 aromatic rings. The van der Waals surface area contributed by atoms with Gasteiger partial charge in [0, 0.05) is 0 Å². The molecule has 125 valence electrons. The van der Waals surface area contributed by atoms with Crippen molar-refractivity contribution in [1.82, 2.24) is 0 Å². The molecule has 0 aliphatic heterocycles. The molecule has 2 aliphatic carbocycles. The third-order valence-electron chi connectivity index (χ3n) is 6.26. The van der Waals surface area contributed by atoms with Crippen molar-refractivity contribution in [2.24, 2.45) is 0 Å². The summed E-state index contributed by atoms with van der Waals surface area (Å²) in [5.41, 5.74) is 5.24. The molecule has 4 heteroatoms. The summed E-state index contributed by atoms with van der Waals surface area (Å²) in [6.45, 7) is 0. The first-order valence-electron chi connectivity index (χ1n) is 8.60. The van der Waals surface area contributed by atoms with E-state index >= 15 is 0 Å². The number of allylic oxidation sites excluding steroid dienone is 2. The number of halogens is 2. The van der Waals surface area contributed by atoms with Crippen molar-refractivity contribution in [1.29, 1.82) is 0 Å². The van der Waals surface area contributed by atoms with Crippen LogP contribution >= 0.6 is 17.0 Å². The van der Waals surface area contributed by atoms with Gasteiger partial charge in [-0.25, -0.2) is 0 Å². The van der Waals surface area contributed by atoms with Crippen LogP contribution in [0.2, 0.25) is 9.26 Å². The molecule has 2 aliphatic rings. The second kappa shape index (κ2) is 4.12. The van der Waals surface area contributed by atoms with Gasteiger partial charge in [-0.2, -0.15) is 0 Å². The first-order chi connectivity index (χ1) is 10.9. The predicted octanol–water partition coefficient (Wildman–Crippen LogP) is 5.63. The van der Waals surface area contributed by atoms with Crippen LogP contribution in [0.4, 0.5) is 0 Å². The molecule has 0 fully saturated rings. The number of hydrogen-bond acceptors (Lipinski definition) is 0. The van der Waals surface area contributed by atoms with E-state index in [0.717, 1.165) is 20.2 Å². The summed E-state index contributed by atoms with van der Waals surface area (Å²) in [6, 6.07) is 17.1. The Balaban J connectivity index is 1.92. The fourth-order valence-corrected chi connectivity index (χ4v) is 20.2. The Morgan fingerprint density at radius 1 is 0.750 bits per heavy atom. The first-order valence-corrected chi connectivity index (χ1v) is 30.7. The van der Waals surface area contributed by atoms with Crippen molar-refractivity contribution < 1.29 is 12.6 Å². The van der Waals surface area contributed by atoms with E-state index in [-0.39, 0.29) is 0 Å². The van der Waals surface area contributed by atoms with Gasteiger partial charge in [0.05, 0.1) is 0 Å². The van der Waals surface area contributed by atoms with Gasteiger partial charge in [0.25, 0.3) is 0 Å². The van der Waals surface area contributed by atoms with Crippen LogP contribution in [0, 0.1) is 0 Å². The molecule has 24 heavy (non-hydrogen) atoms. The zero-order chi connectivity index (χ0) is 17.3. The molecule has 0 radical (unpaired) electrons. The first kappa shape index (κ1) is 17.0. The Morgan fingerprint density at radius 3 is 1.50 bits per heavy atom. The van der Waals surface area contributed by atoms with Gasteiger partial charge in [0.1, 0.15) is 0 Å². The molecule has 0 atom stereocenters. The third kappa shape index (κ3) is 2.42. The maximum absolute atomic E-state index is 7.78. The minimum atomic E-state index is -5.12. The van der Waals surface area contributed by atoms with E-state index in [2.05, 4.69) is 69.9 Å². The number of rotatable bonds is 2. The molecule has 0 bridgehead atoms. The van der Waals surface area contributed by atoms with Gasteiger partial charge in [-0.15, -0.1) is 0 Å². The predicted molar refractivity (Wildman–Crippen MR) is 110 cm³/mol. The van der Waals surface area contributed by atoms with Crippen molar-refractivity contribution >= 4 is 36.5 Å². The van der Waals surface area contributed by atoms with Gasteiger partial charge in [0.2, 0.25) is 0 Å².